The molecule has 0 radical (unpaired) electrons. The van der Waals surface area contributed by atoms with Gasteiger partial charge in [-0.2, -0.15) is 0 Å². The van der Waals surface area contributed by atoms with Crippen LogP contribution in [0.4, 0.5) is 10.1 Å². The SMILES string of the molecule is Cc1ccc(Oc2ccc(N3C(=S)N[C@H](c4ccccn4)[C@H]3c3ccc(-c4ccc(F)cc4Br)o3)cc2)cc1. The lowest BCUT2D eigenvalue weighted by atomic mass is 10.0. The zero-order valence-corrected chi connectivity index (χ0v) is 23.2. The van der Waals surface area contributed by atoms with E-state index in [9.17, 15) is 4.39 Å². The van der Waals surface area contributed by atoms with E-state index >= 15 is 0 Å². The van der Waals surface area contributed by atoms with Crippen molar-refractivity contribution in [2.75, 3.05) is 4.90 Å². The third-order valence-corrected chi connectivity index (χ3v) is 7.56. The van der Waals surface area contributed by atoms with E-state index in [0.717, 1.165) is 28.4 Å². The molecule has 1 saturated heterocycles. The van der Waals surface area contributed by atoms with Gasteiger partial charge in [-0.1, -0.05) is 23.8 Å². The number of benzene rings is 3. The van der Waals surface area contributed by atoms with Crippen molar-refractivity contribution in [1.82, 2.24) is 10.3 Å². The number of thiocarbonyl (C=S) groups is 1. The first kappa shape index (κ1) is 25.3. The van der Waals surface area contributed by atoms with E-state index in [2.05, 4.69) is 26.2 Å². The van der Waals surface area contributed by atoms with Gasteiger partial charge in [0.05, 0.1) is 11.7 Å². The Morgan fingerprint density at radius 2 is 1.69 bits per heavy atom. The molecule has 0 spiro atoms. The second-order valence-electron chi connectivity index (χ2n) is 9.23. The molecular formula is C31H23BrFN3O2S. The molecule has 2 atom stereocenters. The van der Waals surface area contributed by atoms with Crippen molar-refractivity contribution >= 4 is 38.9 Å². The van der Waals surface area contributed by atoms with E-state index < -0.39 is 0 Å². The van der Waals surface area contributed by atoms with Gasteiger partial charge >= 0.3 is 0 Å². The maximum Gasteiger partial charge on any atom is 0.174 e. The standard InChI is InChI=1S/C31H23BrFN3O2S/c1-19-5-10-22(11-6-19)37-23-12-8-21(9-13-23)36-30(29(35-31(36)39)26-4-2-3-17-34-26)28-16-15-27(38-28)24-14-7-20(33)18-25(24)32/h2-18,29-30H,1H3,(H,35,39)/t29-,30-/m1/s1. The van der Waals surface area contributed by atoms with E-state index in [0.29, 0.717) is 21.1 Å². The maximum atomic E-state index is 13.7. The minimum atomic E-state index is -0.320. The Hall–Kier alpha value is -4.01. The van der Waals surface area contributed by atoms with E-state index in [1.165, 1.54) is 17.7 Å². The van der Waals surface area contributed by atoms with Crippen molar-refractivity contribution < 1.29 is 13.5 Å². The molecule has 0 unspecified atom stereocenters. The summed E-state index contributed by atoms with van der Waals surface area (Å²) in [5.74, 6) is 2.49. The number of halogens is 2. The van der Waals surface area contributed by atoms with Gasteiger partial charge in [-0.25, -0.2) is 4.39 Å². The Labute approximate surface area is 239 Å². The number of rotatable bonds is 6. The first-order chi connectivity index (χ1) is 19.0. The van der Waals surface area contributed by atoms with Crippen molar-refractivity contribution in [3.63, 3.8) is 0 Å². The van der Waals surface area contributed by atoms with Crippen LogP contribution in [0.1, 0.15) is 29.1 Å². The fourth-order valence-electron chi connectivity index (χ4n) is 4.68. The molecule has 0 bridgehead atoms. The number of ether oxygens (including phenoxy) is 1. The Balaban J connectivity index is 1.35. The van der Waals surface area contributed by atoms with Gasteiger partial charge < -0.3 is 19.4 Å². The molecule has 0 aliphatic carbocycles. The number of hydrogen-bond acceptors (Lipinski definition) is 4. The molecule has 8 heteroatoms. The lowest BCUT2D eigenvalue weighted by molar-refractivity contribution is 0.439. The number of furan rings is 1. The second kappa shape index (κ2) is 10.6. The first-order valence-corrected chi connectivity index (χ1v) is 13.6. The summed E-state index contributed by atoms with van der Waals surface area (Å²) in [4.78, 5) is 6.63. The van der Waals surface area contributed by atoms with Crippen molar-refractivity contribution in [3.8, 4) is 22.8 Å². The zero-order valence-electron chi connectivity index (χ0n) is 20.8. The molecule has 0 amide bonds. The number of nitrogens with one attached hydrogen (secondary N) is 1. The number of aryl methyl sites for hydroxylation is 1. The van der Waals surface area contributed by atoms with Gasteiger partial charge in [0.25, 0.3) is 0 Å². The summed E-state index contributed by atoms with van der Waals surface area (Å²) in [5.41, 5.74) is 3.66. The summed E-state index contributed by atoms with van der Waals surface area (Å²) in [7, 11) is 0. The molecule has 1 aliphatic rings. The quantitative estimate of drug-likeness (QED) is 0.197. The van der Waals surface area contributed by atoms with Crippen LogP contribution in [0.2, 0.25) is 0 Å². The summed E-state index contributed by atoms with van der Waals surface area (Å²) in [6.07, 6.45) is 1.76. The first-order valence-electron chi connectivity index (χ1n) is 12.4. The molecule has 2 aromatic heterocycles. The van der Waals surface area contributed by atoms with Gasteiger partial charge in [0, 0.05) is 21.9 Å². The molecule has 5 aromatic rings. The predicted molar refractivity (Wildman–Crippen MR) is 157 cm³/mol. The Kier molecular flexibility index (Phi) is 6.89. The highest BCUT2D eigenvalue weighted by atomic mass is 79.9. The molecule has 1 N–H and O–H groups in total. The van der Waals surface area contributed by atoms with Crippen LogP contribution < -0.4 is 15.0 Å². The van der Waals surface area contributed by atoms with Crippen LogP contribution in [0.5, 0.6) is 11.5 Å². The smallest absolute Gasteiger partial charge is 0.174 e. The largest absolute Gasteiger partial charge is 0.459 e. The molecule has 1 fully saturated rings. The third kappa shape index (κ3) is 5.17. The van der Waals surface area contributed by atoms with Gasteiger partial charge in [-0.3, -0.25) is 4.98 Å². The number of anilines is 1. The number of hydrogen-bond donors (Lipinski definition) is 1. The van der Waals surface area contributed by atoms with Gasteiger partial charge in [0.15, 0.2) is 5.11 Å². The average Bonchev–Trinajstić information content (AvgIpc) is 3.55. The van der Waals surface area contributed by atoms with Crippen LogP contribution in [0.15, 0.2) is 112 Å². The lowest BCUT2D eigenvalue weighted by Crippen LogP contribution is -2.29. The second-order valence-corrected chi connectivity index (χ2v) is 10.5. The van der Waals surface area contributed by atoms with Gasteiger partial charge in [-0.05, 0) is 114 Å². The Bertz CT molecular complexity index is 1620. The third-order valence-electron chi connectivity index (χ3n) is 6.58. The summed E-state index contributed by atoms with van der Waals surface area (Å²) in [6, 6.07) is 29.3. The van der Waals surface area contributed by atoms with E-state index in [-0.39, 0.29) is 17.9 Å². The van der Waals surface area contributed by atoms with E-state index in [1.54, 1.807) is 12.3 Å². The number of nitrogens with zero attached hydrogens (tertiary/aromatic N) is 2. The monoisotopic (exact) mass is 599 g/mol. The number of aromatic nitrogens is 1. The fourth-order valence-corrected chi connectivity index (χ4v) is 5.58. The molecule has 1 aliphatic heterocycles. The topological polar surface area (TPSA) is 50.5 Å². The van der Waals surface area contributed by atoms with Crippen LogP contribution in [0, 0.1) is 12.7 Å². The minimum absolute atomic E-state index is 0.252. The minimum Gasteiger partial charge on any atom is -0.459 e. The van der Waals surface area contributed by atoms with E-state index in [1.807, 2.05) is 90.7 Å². The van der Waals surface area contributed by atoms with Gasteiger partial charge in [0.2, 0.25) is 0 Å². The fraction of sp³-hybridized carbons (Fsp3) is 0.0968. The molecule has 6 rings (SSSR count). The normalized spacial score (nSPS) is 16.8. The van der Waals surface area contributed by atoms with Crippen LogP contribution >= 0.6 is 28.1 Å². The summed E-state index contributed by atoms with van der Waals surface area (Å²) >= 11 is 9.28. The van der Waals surface area contributed by atoms with E-state index in [4.69, 9.17) is 21.4 Å². The molecule has 194 valence electrons. The Morgan fingerprint density at radius 1 is 0.949 bits per heavy atom. The molecule has 39 heavy (non-hydrogen) atoms. The van der Waals surface area contributed by atoms with Crippen LogP contribution in [0.3, 0.4) is 0 Å². The molecule has 5 nitrogen and oxygen atoms in total. The summed E-state index contributed by atoms with van der Waals surface area (Å²) < 4.78 is 26.7. The van der Waals surface area contributed by atoms with Crippen LogP contribution in [0.25, 0.3) is 11.3 Å². The number of pyridine rings is 1. The lowest BCUT2D eigenvalue weighted by Gasteiger charge is -2.26. The zero-order chi connectivity index (χ0) is 26.9. The molecule has 3 heterocycles. The van der Waals surface area contributed by atoms with Gasteiger partial charge in [-0.15, -0.1) is 0 Å². The van der Waals surface area contributed by atoms with Crippen molar-refractivity contribution in [2.45, 2.75) is 19.0 Å². The molecule has 0 saturated carbocycles. The van der Waals surface area contributed by atoms with Gasteiger partial charge in [0.1, 0.15) is 34.9 Å². The highest BCUT2D eigenvalue weighted by Gasteiger charge is 2.42. The van der Waals surface area contributed by atoms with Crippen molar-refractivity contribution in [1.29, 1.82) is 0 Å². The summed E-state index contributed by atoms with van der Waals surface area (Å²) in [5, 5.41) is 4.00. The highest BCUT2D eigenvalue weighted by Crippen LogP contribution is 2.44. The van der Waals surface area contributed by atoms with Crippen LogP contribution in [-0.4, -0.2) is 10.1 Å². The average molecular weight is 601 g/mol. The molecule has 3 aromatic carbocycles. The predicted octanol–water partition coefficient (Wildman–Crippen LogP) is 8.52. The Morgan fingerprint density at radius 3 is 2.38 bits per heavy atom. The highest BCUT2D eigenvalue weighted by molar-refractivity contribution is 9.10. The van der Waals surface area contributed by atoms with Crippen molar-refractivity contribution in [3.05, 3.63) is 131 Å². The summed E-state index contributed by atoms with van der Waals surface area (Å²) in [6.45, 7) is 2.04. The van der Waals surface area contributed by atoms with Crippen molar-refractivity contribution in [2.24, 2.45) is 0 Å². The van der Waals surface area contributed by atoms with Crippen LogP contribution in [-0.2, 0) is 0 Å². The maximum absolute atomic E-state index is 13.7. The molecular weight excluding hydrogens is 577 g/mol.